The number of carbonyl (C=O) groups is 2. The zero-order chi connectivity index (χ0) is 23.0. The summed E-state index contributed by atoms with van der Waals surface area (Å²) in [4.78, 5) is 30.8. The van der Waals surface area contributed by atoms with Gasteiger partial charge in [-0.25, -0.2) is 0 Å². The van der Waals surface area contributed by atoms with Gasteiger partial charge in [0.1, 0.15) is 11.2 Å². The van der Waals surface area contributed by atoms with Crippen LogP contribution in [0.25, 0.3) is 10.2 Å². The lowest BCUT2D eigenvalue weighted by atomic mass is 9.93. The molecular formula is C27H33N3O2S. The molecule has 3 aromatic rings. The van der Waals surface area contributed by atoms with Crippen LogP contribution in [-0.4, -0.2) is 32.9 Å². The van der Waals surface area contributed by atoms with Gasteiger partial charge in [-0.3, -0.25) is 9.59 Å². The van der Waals surface area contributed by atoms with E-state index in [2.05, 4.69) is 22.9 Å². The molecule has 0 spiro atoms. The Morgan fingerprint density at radius 2 is 1.85 bits per heavy atom. The van der Waals surface area contributed by atoms with E-state index in [0.717, 1.165) is 47.9 Å². The smallest absolute Gasteiger partial charge is 0.271 e. The van der Waals surface area contributed by atoms with Crippen LogP contribution in [0.1, 0.15) is 73.3 Å². The highest BCUT2D eigenvalue weighted by atomic mass is 32.1. The molecule has 1 aliphatic carbocycles. The molecule has 0 bridgehead atoms. The molecule has 5 nitrogen and oxygen atoms in total. The number of aryl methyl sites for hydroxylation is 1. The Morgan fingerprint density at radius 1 is 1.12 bits per heavy atom. The molecule has 5 rings (SSSR count). The number of hydrogen-bond acceptors (Lipinski definition) is 3. The van der Waals surface area contributed by atoms with E-state index in [0.29, 0.717) is 18.8 Å². The maximum atomic E-state index is 13.9. The van der Waals surface area contributed by atoms with Crippen molar-refractivity contribution in [2.24, 2.45) is 0 Å². The van der Waals surface area contributed by atoms with Crippen LogP contribution in [0.5, 0.6) is 0 Å². The van der Waals surface area contributed by atoms with Crippen molar-refractivity contribution >= 4 is 33.4 Å². The fraction of sp³-hybridized carbons (Fsp3) is 0.481. The molecule has 2 aliphatic rings. The zero-order valence-electron chi connectivity index (χ0n) is 19.6. The van der Waals surface area contributed by atoms with E-state index in [1.54, 1.807) is 16.2 Å². The van der Waals surface area contributed by atoms with Crippen LogP contribution in [0.2, 0.25) is 0 Å². The third-order valence-corrected chi connectivity index (χ3v) is 8.59. The topological polar surface area (TPSA) is 54.3 Å². The molecule has 1 fully saturated rings. The average Bonchev–Trinajstić information content (AvgIpc) is 3.26. The van der Waals surface area contributed by atoms with E-state index in [-0.39, 0.29) is 17.9 Å². The summed E-state index contributed by atoms with van der Waals surface area (Å²) in [5.41, 5.74) is 1.85. The molecule has 0 radical (unpaired) electrons. The van der Waals surface area contributed by atoms with Gasteiger partial charge in [-0.2, -0.15) is 0 Å². The summed E-state index contributed by atoms with van der Waals surface area (Å²) >= 11 is 1.75. The second-order valence-corrected chi connectivity index (χ2v) is 10.9. The van der Waals surface area contributed by atoms with Crippen LogP contribution in [0, 0.1) is 0 Å². The number of amides is 2. The van der Waals surface area contributed by atoms with E-state index in [1.807, 2.05) is 43.3 Å². The number of carbonyl (C=O) groups excluding carboxylic acids is 2. The molecule has 3 heterocycles. The molecule has 1 aliphatic heterocycles. The maximum Gasteiger partial charge on any atom is 0.271 e. The van der Waals surface area contributed by atoms with Crippen LogP contribution in [0.15, 0.2) is 42.5 Å². The van der Waals surface area contributed by atoms with Crippen LogP contribution >= 0.6 is 11.3 Å². The van der Waals surface area contributed by atoms with Gasteiger partial charge in [0.25, 0.3) is 5.91 Å². The molecule has 1 unspecified atom stereocenters. The quantitative estimate of drug-likeness (QED) is 0.507. The van der Waals surface area contributed by atoms with Gasteiger partial charge in [-0.05, 0) is 43.9 Å². The molecule has 33 heavy (non-hydrogen) atoms. The van der Waals surface area contributed by atoms with Crippen molar-refractivity contribution < 1.29 is 9.59 Å². The van der Waals surface area contributed by atoms with Gasteiger partial charge >= 0.3 is 0 Å². The van der Waals surface area contributed by atoms with Gasteiger partial charge in [0, 0.05) is 17.5 Å². The van der Waals surface area contributed by atoms with Crippen LogP contribution in [0.3, 0.4) is 0 Å². The maximum absolute atomic E-state index is 13.9. The number of benzene rings is 1. The third kappa shape index (κ3) is 4.10. The van der Waals surface area contributed by atoms with Crippen molar-refractivity contribution in [2.75, 3.05) is 0 Å². The van der Waals surface area contributed by atoms with Gasteiger partial charge in [0.2, 0.25) is 5.91 Å². The van der Waals surface area contributed by atoms with Crippen LogP contribution < -0.4 is 5.32 Å². The minimum Gasteiger partial charge on any atom is -0.351 e. The van der Waals surface area contributed by atoms with E-state index in [4.69, 9.17) is 0 Å². The fourth-order valence-electron chi connectivity index (χ4n) is 5.34. The summed E-state index contributed by atoms with van der Waals surface area (Å²) in [6.45, 7) is 5.00. The molecule has 174 valence electrons. The number of fused-ring (bicyclic) bond motifs is 3. The van der Waals surface area contributed by atoms with Crippen molar-refractivity contribution in [3.8, 4) is 0 Å². The van der Waals surface area contributed by atoms with Crippen molar-refractivity contribution in [1.29, 1.82) is 0 Å². The van der Waals surface area contributed by atoms with Crippen LogP contribution in [0.4, 0.5) is 0 Å². The monoisotopic (exact) mass is 463 g/mol. The molecular weight excluding hydrogens is 430 g/mol. The standard InChI is InChI=1S/C27H33N3O2S/c1-3-21-15-22-24(33-21)16-23-25(31)30(17-19-11-7-6-8-12-19)27(2,18-29(22)23)26(32)28-20-13-9-4-5-10-14-20/h6-8,11-12,15-16,20H,3-5,9-10,13-14,17-18H2,1-2H3,(H,28,32). The van der Waals surface area contributed by atoms with Crippen molar-refractivity contribution in [3.63, 3.8) is 0 Å². The largest absolute Gasteiger partial charge is 0.351 e. The van der Waals surface area contributed by atoms with Crippen molar-refractivity contribution in [3.05, 3.63) is 58.6 Å². The number of rotatable bonds is 5. The number of nitrogens with one attached hydrogen (secondary N) is 1. The number of thiophene rings is 1. The molecule has 0 saturated heterocycles. The number of hydrogen-bond donors (Lipinski definition) is 1. The summed E-state index contributed by atoms with van der Waals surface area (Å²) < 4.78 is 3.21. The summed E-state index contributed by atoms with van der Waals surface area (Å²) in [5.74, 6) is -0.0952. The highest BCUT2D eigenvalue weighted by molar-refractivity contribution is 7.19. The second kappa shape index (κ2) is 8.98. The number of nitrogens with zero attached hydrogens (tertiary/aromatic N) is 2. The SMILES string of the molecule is CCc1cc2c(cc3n2CC(C)(C(=O)NC2CCCCCC2)N(Cc2ccccc2)C3=O)s1. The van der Waals surface area contributed by atoms with Crippen molar-refractivity contribution in [1.82, 2.24) is 14.8 Å². The van der Waals surface area contributed by atoms with Gasteiger partial charge < -0.3 is 14.8 Å². The van der Waals surface area contributed by atoms with Crippen LogP contribution in [-0.2, 0) is 24.3 Å². The predicted molar refractivity (Wildman–Crippen MR) is 134 cm³/mol. The minimum absolute atomic E-state index is 0.0304. The first-order chi connectivity index (χ1) is 16.0. The average molecular weight is 464 g/mol. The van der Waals surface area contributed by atoms with Gasteiger partial charge in [0.05, 0.1) is 16.8 Å². The minimum atomic E-state index is -0.952. The molecule has 1 aromatic carbocycles. The lowest BCUT2D eigenvalue weighted by Crippen LogP contribution is -2.64. The Bertz CT molecular complexity index is 1160. The molecule has 1 N–H and O–H groups in total. The molecule has 2 amide bonds. The highest BCUT2D eigenvalue weighted by Gasteiger charge is 2.48. The molecule has 1 atom stereocenters. The first-order valence-corrected chi connectivity index (χ1v) is 13.1. The normalized spacial score (nSPS) is 21.8. The summed E-state index contributed by atoms with van der Waals surface area (Å²) in [6.07, 6.45) is 7.82. The number of aromatic nitrogens is 1. The third-order valence-electron chi connectivity index (χ3n) is 7.38. The van der Waals surface area contributed by atoms with E-state index in [9.17, 15) is 9.59 Å². The molecule has 1 saturated carbocycles. The fourth-order valence-corrected chi connectivity index (χ4v) is 6.38. The Balaban J connectivity index is 1.53. The van der Waals surface area contributed by atoms with E-state index < -0.39 is 5.54 Å². The van der Waals surface area contributed by atoms with Crippen molar-refractivity contribution in [2.45, 2.75) is 83.5 Å². The summed E-state index contributed by atoms with van der Waals surface area (Å²) in [6, 6.07) is 14.4. The molecule has 2 aromatic heterocycles. The van der Waals surface area contributed by atoms with E-state index >= 15 is 0 Å². The second-order valence-electron chi connectivity index (χ2n) is 9.74. The van der Waals surface area contributed by atoms with Gasteiger partial charge in [-0.15, -0.1) is 11.3 Å². The first kappa shape index (κ1) is 22.2. The molecule has 6 heteroatoms. The summed E-state index contributed by atoms with van der Waals surface area (Å²) in [5, 5.41) is 3.35. The Labute approximate surface area is 199 Å². The first-order valence-electron chi connectivity index (χ1n) is 12.3. The van der Waals surface area contributed by atoms with Gasteiger partial charge in [0.15, 0.2) is 0 Å². The highest BCUT2D eigenvalue weighted by Crippen LogP contribution is 2.37. The Kier molecular flexibility index (Phi) is 6.04. The van der Waals surface area contributed by atoms with Gasteiger partial charge in [-0.1, -0.05) is 62.9 Å². The lowest BCUT2D eigenvalue weighted by Gasteiger charge is -2.44. The Hall–Kier alpha value is -2.60. The predicted octanol–water partition coefficient (Wildman–Crippen LogP) is 5.52. The van der Waals surface area contributed by atoms with E-state index in [1.165, 1.54) is 17.7 Å². The zero-order valence-corrected chi connectivity index (χ0v) is 20.4. The summed E-state index contributed by atoms with van der Waals surface area (Å²) in [7, 11) is 0. The lowest BCUT2D eigenvalue weighted by molar-refractivity contribution is -0.134. The Morgan fingerprint density at radius 3 is 2.55 bits per heavy atom.